The van der Waals surface area contributed by atoms with E-state index < -0.39 is 0 Å². The van der Waals surface area contributed by atoms with Gasteiger partial charge in [-0.05, 0) is 47.3 Å². The van der Waals surface area contributed by atoms with Crippen molar-refractivity contribution in [3.05, 3.63) is 47.5 Å². The maximum atomic E-state index is 9.45. The average Bonchev–Trinajstić information content (AvgIpc) is 2.81. The Bertz CT molecular complexity index is 611. The molecule has 1 heterocycles. The third-order valence-electron chi connectivity index (χ3n) is 2.99. The Morgan fingerprint density at radius 2 is 1.43 bits per heavy atom. The first-order valence-electron chi connectivity index (χ1n) is 6.87. The molecule has 0 unspecified atom stereocenters. The van der Waals surface area contributed by atoms with Gasteiger partial charge in [0.25, 0.3) is 0 Å². The predicted molar refractivity (Wildman–Crippen MR) is 84.3 cm³/mol. The molecule has 3 rings (SSSR count). The van der Waals surface area contributed by atoms with E-state index in [9.17, 15) is 15.3 Å². The molecular formula is C16H19NO3S. The largest absolute Gasteiger partial charge is 0.508 e. The van der Waals surface area contributed by atoms with Gasteiger partial charge in [0, 0.05) is 24.1 Å². The van der Waals surface area contributed by atoms with Crippen LogP contribution in [-0.2, 0) is 13.1 Å². The van der Waals surface area contributed by atoms with Gasteiger partial charge in [-0.1, -0.05) is 19.9 Å². The highest BCUT2D eigenvalue weighted by atomic mass is 32.2. The number of rotatable bonds is 2. The normalized spacial score (nSPS) is 13.4. The zero-order valence-electron chi connectivity index (χ0n) is 12.1. The number of hydrogen-bond donors (Lipinski definition) is 3. The van der Waals surface area contributed by atoms with Gasteiger partial charge in [0.1, 0.15) is 17.2 Å². The summed E-state index contributed by atoms with van der Waals surface area (Å²) >= 11 is 1.47. The molecule has 5 heteroatoms. The lowest BCUT2D eigenvalue weighted by molar-refractivity contribution is 0.447. The van der Waals surface area contributed by atoms with Crippen molar-refractivity contribution in [1.82, 2.24) is 4.31 Å². The molecule has 112 valence electrons. The number of nitrogens with zero attached hydrogens (tertiary/aromatic N) is 1. The van der Waals surface area contributed by atoms with Crippen molar-refractivity contribution in [2.75, 3.05) is 0 Å². The number of hydrogen-bond acceptors (Lipinski definition) is 5. The van der Waals surface area contributed by atoms with Crippen LogP contribution in [-0.4, -0.2) is 19.6 Å². The van der Waals surface area contributed by atoms with E-state index in [2.05, 4.69) is 4.31 Å². The predicted octanol–water partition coefficient (Wildman–Crippen LogP) is 3.85. The highest BCUT2D eigenvalue weighted by Gasteiger charge is 2.20. The summed E-state index contributed by atoms with van der Waals surface area (Å²) in [4.78, 5) is 0.787. The number of benzene rings is 2. The Morgan fingerprint density at radius 1 is 0.810 bits per heavy atom. The molecule has 0 aliphatic carbocycles. The van der Waals surface area contributed by atoms with Crippen LogP contribution in [0.3, 0.4) is 0 Å². The minimum atomic E-state index is 0.0526. The van der Waals surface area contributed by atoms with Gasteiger partial charge in [-0.25, -0.2) is 4.31 Å². The molecule has 0 saturated carbocycles. The molecule has 0 aromatic heterocycles. The highest BCUT2D eigenvalue weighted by Crippen LogP contribution is 2.36. The second-order valence-corrected chi connectivity index (χ2v) is 5.70. The van der Waals surface area contributed by atoms with Gasteiger partial charge in [-0.3, -0.25) is 0 Å². The number of fused-ring (bicyclic) bond motifs is 1. The molecule has 4 nitrogen and oxygen atoms in total. The van der Waals surface area contributed by atoms with Gasteiger partial charge in [0.2, 0.25) is 0 Å². The van der Waals surface area contributed by atoms with Crippen LogP contribution in [0.5, 0.6) is 17.2 Å². The zero-order valence-corrected chi connectivity index (χ0v) is 12.9. The van der Waals surface area contributed by atoms with Gasteiger partial charge in [0.05, 0.1) is 0 Å². The molecule has 1 aliphatic heterocycles. The van der Waals surface area contributed by atoms with Crippen molar-refractivity contribution in [2.45, 2.75) is 31.8 Å². The van der Waals surface area contributed by atoms with Crippen molar-refractivity contribution in [3.63, 3.8) is 0 Å². The summed E-state index contributed by atoms with van der Waals surface area (Å²) in [6, 6.07) is 9.92. The SMILES string of the molecule is CC.Oc1cc(O)cc(SN2Cc3ccc(O)cc3C2)c1. The van der Waals surface area contributed by atoms with E-state index in [1.165, 1.54) is 23.6 Å². The van der Waals surface area contributed by atoms with E-state index in [1.807, 2.05) is 19.9 Å². The molecule has 1 aliphatic rings. The Hall–Kier alpha value is -1.85. The fourth-order valence-electron chi connectivity index (χ4n) is 2.18. The standard InChI is InChI=1S/C14H13NO3S.C2H6/c16-11-2-1-9-7-15(8-10(9)3-11)19-14-5-12(17)4-13(18)6-14;1-2/h1-6,16-18H,7-8H2;1-2H3. The summed E-state index contributed by atoms with van der Waals surface area (Å²) in [6.07, 6.45) is 0. The minimum absolute atomic E-state index is 0.0526. The highest BCUT2D eigenvalue weighted by molar-refractivity contribution is 7.97. The minimum Gasteiger partial charge on any atom is -0.508 e. The fourth-order valence-corrected chi connectivity index (χ4v) is 3.24. The van der Waals surface area contributed by atoms with Crippen LogP contribution in [0, 0.1) is 0 Å². The first kappa shape index (κ1) is 15.5. The summed E-state index contributed by atoms with van der Waals surface area (Å²) in [5.41, 5.74) is 2.30. The van der Waals surface area contributed by atoms with E-state index in [0.29, 0.717) is 0 Å². The Balaban J connectivity index is 0.000000774. The van der Waals surface area contributed by atoms with Gasteiger partial charge in [-0.15, -0.1) is 0 Å². The van der Waals surface area contributed by atoms with Gasteiger partial charge >= 0.3 is 0 Å². The number of phenols is 3. The molecule has 0 saturated heterocycles. The fraction of sp³-hybridized carbons (Fsp3) is 0.250. The summed E-state index contributed by atoms with van der Waals surface area (Å²) in [5.74, 6) is 0.384. The zero-order chi connectivity index (χ0) is 15.4. The summed E-state index contributed by atoms with van der Waals surface area (Å²) < 4.78 is 2.11. The molecule has 3 N–H and O–H groups in total. The topological polar surface area (TPSA) is 63.9 Å². The Kier molecular flexibility index (Phi) is 4.98. The first-order chi connectivity index (χ1) is 10.1. The van der Waals surface area contributed by atoms with Gasteiger partial charge < -0.3 is 15.3 Å². The van der Waals surface area contributed by atoms with Crippen molar-refractivity contribution < 1.29 is 15.3 Å². The number of aromatic hydroxyl groups is 3. The Labute approximate surface area is 128 Å². The third kappa shape index (κ3) is 3.83. The van der Waals surface area contributed by atoms with Crippen LogP contribution in [0.2, 0.25) is 0 Å². The third-order valence-corrected chi connectivity index (χ3v) is 3.96. The second kappa shape index (κ2) is 6.74. The molecular weight excluding hydrogens is 286 g/mol. The monoisotopic (exact) mass is 305 g/mol. The van der Waals surface area contributed by atoms with Gasteiger partial charge in [0.15, 0.2) is 0 Å². The molecule has 2 aromatic rings. The first-order valence-corrected chi connectivity index (χ1v) is 7.64. The lowest BCUT2D eigenvalue weighted by Crippen LogP contribution is -2.05. The average molecular weight is 305 g/mol. The van der Waals surface area contributed by atoms with E-state index in [1.54, 1.807) is 24.3 Å². The lowest BCUT2D eigenvalue weighted by atomic mass is 10.1. The molecule has 0 amide bonds. The van der Waals surface area contributed by atoms with Crippen LogP contribution in [0.1, 0.15) is 25.0 Å². The van der Waals surface area contributed by atoms with Crippen LogP contribution >= 0.6 is 11.9 Å². The second-order valence-electron chi connectivity index (χ2n) is 4.53. The van der Waals surface area contributed by atoms with Crippen LogP contribution in [0.25, 0.3) is 0 Å². The van der Waals surface area contributed by atoms with Crippen LogP contribution in [0.15, 0.2) is 41.3 Å². The maximum Gasteiger partial charge on any atom is 0.120 e. The van der Waals surface area contributed by atoms with Crippen LogP contribution < -0.4 is 0 Å². The maximum absolute atomic E-state index is 9.45. The molecule has 0 atom stereocenters. The molecule has 2 aromatic carbocycles. The summed E-state index contributed by atoms with van der Waals surface area (Å²) in [7, 11) is 0. The summed E-state index contributed by atoms with van der Waals surface area (Å²) in [5, 5.41) is 28.4. The van der Waals surface area contributed by atoms with Gasteiger partial charge in [-0.2, -0.15) is 0 Å². The van der Waals surface area contributed by atoms with Crippen molar-refractivity contribution >= 4 is 11.9 Å². The van der Waals surface area contributed by atoms with Crippen LogP contribution in [0.4, 0.5) is 0 Å². The molecule has 0 fully saturated rings. The van der Waals surface area contributed by atoms with Crippen molar-refractivity contribution in [2.24, 2.45) is 0 Å². The smallest absolute Gasteiger partial charge is 0.120 e. The summed E-state index contributed by atoms with van der Waals surface area (Å²) in [6.45, 7) is 5.50. The molecule has 21 heavy (non-hydrogen) atoms. The molecule has 0 bridgehead atoms. The van der Waals surface area contributed by atoms with Crippen molar-refractivity contribution in [3.8, 4) is 17.2 Å². The molecule has 0 radical (unpaired) electrons. The lowest BCUT2D eigenvalue weighted by Gasteiger charge is -2.13. The van der Waals surface area contributed by atoms with E-state index in [-0.39, 0.29) is 17.2 Å². The van der Waals surface area contributed by atoms with E-state index >= 15 is 0 Å². The van der Waals surface area contributed by atoms with E-state index in [0.717, 1.165) is 23.5 Å². The molecule has 0 spiro atoms. The Morgan fingerprint density at radius 3 is 2.10 bits per heavy atom. The van der Waals surface area contributed by atoms with Crippen molar-refractivity contribution in [1.29, 1.82) is 0 Å². The van der Waals surface area contributed by atoms with E-state index in [4.69, 9.17) is 0 Å². The quantitative estimate of drug-likeness (QED) is 0.736. The number of phenolic OH excluding ortho intramolecular Hbond substituents is 3.